The van der Waals surface area contributed by atoms with Crippen molar-refractivity contribution in [1.82, 2.24) is 0 Å². The molecule has 0 bridgehead atoms. The van der Waals surface area contributed by atoms with Gasteiger partial charge in [0.05, 0.1) is 0 Å². The molecule has 3 aromatic carbocycles. The highest BCUT2D eigenvalue weighted by atomic mass is 16.5. The van der Waals surface area contributed by atoms with Crippen LogP contribution in [0.4, 0.5) is 0 Å². The van der Waals surface area contributed by atoms with Gasteiger partial charge in [-0.3, -0.25) is 4.79 Å². The van der Waals surface area contributed by atoms with Crippen LogP contribution in [0.2, 0.25) is 0 Å². The van der Waals surface area contributed by atoms with Gasteiger partial charge in [-0.1, -0.05) is 71.4 Å². The number of hydrogen-bond acceptors (Lipinski definition) is 3. The molecular weight excluding hydrogens is 372 g/mol. The summed E-state index contributed by atoms with van der Waals surface area (Å²) in [7, 11) is 0. The fourth-order valence-electron chi connectivity index (χ4n) is 4.37. The third-order valence-corrected chi connectivity index (χ3v) is 6.03. The zero-order chi connectivity index (χ0) is 22.0. The topological polar surface area (TPSA) is 46.5 Å². The molecule has 0 aromatic heterocycles. The Kier molecular flexibility index (Phi) is 4.50. The summed E-state index contributed by atoms with van der Waals surface area (Å²) in [5, 5.41) is 12.7. The van der Waals surface area contributed by atoms with Crippen LogP contribution in [-0.2, 0) is 10.8 Å². The summed E-state index contributed by atoms with van der Waals surface area (Å²) < 4.78 is 6.60. The van der Waals surface area contributed by atoms with Gasteiger partial charge in [0.25, 0.3) is 0 Å². The zero-order valence-electron chi connectivity index (χ0n) is 18.9. The number of rotatable bonds is 2. The van der Waals surface area contributed by atoms with Gasteiger partial charge in [-0.15, -0.1) is 0 Å². The lowest BCUT2D eigenvalue weighted by Crippen LogP contribution is -2.14. The first-order valence-electron chi connectivity index (χ1n) is 10.5. The summed E-state index contributed by atoms with van der Waals surface area (Å²) in [6, 6.07) is 12.3. The predicted molar refractivity (Wildman–Crippen MR) is 122 cm³/mol. The molecule has 3 aromatic rings. The Labute approximate surface area is 178 Å². The van der Waals surface area contributed by atoms with E-state index < -0.39 is 0 Å². The number of phenols is 1. The Hall–Kier alpha value is -2.81. The number of hydrogen-bond donors (Lipinski definition) is 1. The van der Waals surface area contributed by atoms with Crippen LogP contribution in [0.5, 0.6) is 11.5 Å². The van der Waals surface area contributed by atoms with Crippen molar-refractivity contribution in [2.24, 2.45) is 0 Å². The highest BCUT2D eigenvalue weighted by Crippen LogP contribution is 2.54. The Balaban J connectivity index is 2.14. The molecule has 0 amide bonds. The van der Waals surface area contributed by atoms with Crippen LogP contribution in [0.15, 0.2) is 36.4 Å². The number of carbonyl (C=O) groups excluding carboxylic acids is 1. The fourth-order valence-corrected chi connectivity index (χ4v) is 4.37. The molecule has 1 N–H and O–H groups in total. The molecule has 3 heteroatoms. The molecule has 0 spiro atoms. The van der Waals surface area contributed by atoms with Crippen molar-refractivity contribution in [2.45, 2.75) is 65.4 Å². The van der Waals surface area contributed by atoms with E-state index in [1.54, 1.807) is 0 Å². The van der Waals surface area contributed by atoms with Crippen LogP contribution in [0, 0.1) is 6.92 Å². The van der Waals surface area contributed by atoms with E-state index in [1.165, 1.54) is 5.56 Å². The number of aryl methyl sites for hydroxylation is 1. The monoisotopic (exact) mass is 402 g/mol. The SMILES string of the molecule is Cc1ccc(C2Oc3c(C(C)(C)C)cc(C=O)c4c(O)c(C(C)(C)C)cc2c34)cc1. The van der Waals surface area contributed by atoms with E-state index in [1.807, 2.05) is 6.07 Å². The standard InChI is InChI=1S/C27H30O3/c1-15-8-10-16(11-9-15)24-18-13-19(26(2,3)4)23(29)21-17(14-28)12-20(27(5,6)7)25(30-24)22(18)21/h8-14,24,29H,1-7H3. The van der Waals surface area contributed by atoms with Crippen LogP contribution in [-0.4, -0.2) is 11.4 Å². The minimum absolute atomic E-state index is 0.179. The van der Waals surface area contributed by atoms with Gasteiger partial charge in [0.1, 0.15) is 17.6 Å². The molecule has 1 atom stereocenters. The van der Waals surface area contributed by atoms with E-state index in [0.29, 0.717) is 10.9 Å². The largest absolute Gasteiger partial charge is 0.507 e. The fraction of sp³-hybridized carbons (Fsp3) is 0.370. The van der Waals surface area contributed by atoms with Gasteiger partial charge in [0.15, 0.2) is 6.29 Å². The van der Waals surface area contributed by atoms with Crippen molar-refractivity contribution in [1.29, 1.82) is 0 Å². The van der Waals surface area contributed by atoms with E-state index in [9.17, 15) is 9.90 Å². The number of phenolic OH excluding ortho intramolecular Hbond substituents is 1. The average Bonchev–Trinajstić information content (AvgIpc) is 3.02. The van der Waals surface area contributed by atoms with Crippen molar-refractivity contribution in [3.63, 3.8) is 0 Å². The average molecular weight is 403 g/mol. The summed E-state index contributed by atoms with van der Waals surface area (Å²) in [4.78, 5) is 12.1. The molecule has 4 rings (SSSR count). The molecule has 0 fully saturated rings. The van der Waals surface area contributed by atoms with Crippen LogP contribution in [0.1, 0.15) is 85.8 Å². The van der Waals surface area contributed by atoms with Crippen molar-refractivity contribution in [3.05, 3.63) is 69.8 Å². The van der Waals surface area contributed by atoms with E-state index >= 15 is 0 Å². The first kappa shape index (κ1) is 20.5. The summed E-state index contributed by atoms with van der Waals surface area (Å²) in [6.07, 6.45) is 0.580. The van der Waals surface area contributed by atoms with Gasteiger partial charge in [0.2, 0.25) is 0 Å². The molecule has 156 valence electrons. The molecule has 0 saturated carbocycles. The Morgan fingerprint density at radius 3 is 2.03 bits per heavy atom. The predicted octanol–water partition coefficient (Wildman–Crippen LogP) is 6.74. The Morgan fingerprint density at radius 1 is 0.900 bits per heavy atom. The maximum absolute atomic E-state index is 12.1. The molecule has 1 aliphatic rings. The van der Waals surface area contributed by atoms with Gasteiger partial charge in [-0.25, -0.2) is 0 Å². The van der Waals surface area contributed by atoms with E-state index in [-0.39, 0.29) is 22.7 Å². The minimum Gasteiger partial charge on any atom is -0.507 e. The highest BCUT2D eigenvalue weighted by Gasteiger charge is 2.37. The highest BCUT2D eigenvalue weighted by molar-refractivity contribution is 6.08. The van der Waals surface area contributed by atoms with Crippen LogP contribution >= 0.6 is 0 Å². The first-order valence-corrected chi connectivity index (χ1v) is 10.5. The Bertz CT molecular complexity index is 1160. The van der Waals surface area contributed by atoms with Gasteiger partial charge < -0.3 is 9.84 Å². The zero-order valence-corrected chi connectivity index (χ0v) is 18.9. The van der Waals surface area contributed by atoms with E-state index in [2.05, 4.69) is 78.8 Å². The van der Waals surface area contributed by atoms with Gasteiger partial charge >= 0.3 is 0 Å². The molecule has 1 aliphatic heterocycles. The second-order valence-electron chi connectivity index (χ2n) is 10.5. The molecule has 1 unspecified atom stereocenters. The quantitative estimate of drug-likeness (QED) is 0.483. The maximum Gasteiger partial charge on any atom is 0.150 e. The molecule has 3 nitrogen and oxygen atoms in total. The molecule has 30 heavy (non-hydrogen) atoms. The van der Waals surface area contributed by atoms with Crippen molar-refractivity contribution in [2.75, 3.05) is 0 Å². The lowest BCUT2D eigenvalue weighted by atomic mass is 9.79. The number of ether oxygens (including phenoxy) is 1. The van der Waals surface area contributed by atoms with Gasteiger partial charge in [-0.2, -0.15) is 0 Å². The van der Waals surface area contributed by atoms with Gasteiger partial charge in [-0.05, 0) is 35.4 Å². The Morgan fingerprint density at radius 2 is 1.50 bits per heavy atom. The normalized spacial score (nSPS) is 16.0. The summed E-state index contributed by atoms with van der Waals surface area (Å²) in [5.74, 6) is 0.956. The lowest BCUT2D eigenvalue weighted by Gasteiger charge is -2.25. The lowest BCUT2D eigenvalue weighted by molar-refractivity contribution is 0.112. The molecule has 0 saturated heterocycles. The van der Waals surface area contributed by atoms with Crippen molar-refractivity contribution < 1.29 is 14.6 Å². The van der Waals surface area contributed by atoms with Crippen LogP contribution in [0.3, 0.4) is 0 Å². The third-order valence-electron chi connectivity index (χ3n) is 6.03. The van der Waals surface area contributed by atoms with Crippen molar-refractivity contribution in [3.8, 4) is 11.5 Å². The summed E-state index contributed by atoms with van der Waals surface area (Å²) in [6.45, 7) is 14.6. The molecule has 1 heterocycles. The number of aromatic hydroxyl groups is 1. The van der Waals surface area contributed by atoms with Gasteiger partial charge in [0, 0.05) is 33.0 Å². The van der Waals surface area contributed by atoms with Crippen LogP contribution in [0.25, 0.3) is 10.8 Å². The second-order valence-corrected chi connectivity index (χ2v) is 10.5. The number of aldehydes is 1. The molecule has 0 aliphatic carbocycles. The number of benzene rings is 3. The minimum atomic E-state index is -0.280. The molecule has 0 radical (unpaired) electrons. The van der Waals surface area contributed by atoms with Crippen LogP contribution < -0.4 is 4.74 Å². The smallest absolute Gasteiger partial charge is 0.150 e. The number of carbonyl (C=O) groups is 1. The first-order chi connectivity index (χ1) is 13.9. The third kappa shape index (κ3) is 3.08. The van der Waals surface area contributed by atoms with E-state index in [0.717, 1.165) is 39.7 Å². The van der Waals surface area contributed by atoms with Crippen molar-refractivity contribution >= 4 is 17.1 Å². The maximum atomic E-state index is 12.1. The van der Waals surface area contributed by atoms with E-state index in [4.69, 9.17) is 4.74 Å². The summed E-state index contributed by atoms with van der Waals surface area (Å²) in [5.41, 5.74) is 5.10. The second kappa shape index (κ2) is 6.60. The summed E-state index contributed by atoms with van der Waals surface area (Å²) >= 11 is 0. The molecular formula is C27H30O3.